The lowest BCUT2D eigenvalue weighted by atomic mass is 9.87. The predicted octanol–water partition coefficient (Wildman–Crippen LogP) is 3.43. The Labute approximate surface area is 149 Å². The lowest BCUT2D eigenvalue weighted by Crippen LogP contribution is -2.39. The monoisotopic (exact) mass is 358 g/mol. The Morgan fingerprint density at radius 3 is 1.00 bits per heavy atom. The summed E-state index contributed by atoms with van der Waals surface area (Å²) < 4.78 is 0. The average molecular weight is 359 g/mol. The van der Waals surface area contributed by atoms with Crippen molar-refractivity contribution in [2.24, 2.45) is 0 Å². The van der Waals surface area contributed by atoms with Crippen LogP contribution in [0, 0.1) is 0 Å². The topological polar surface area (TPSA) is 6.48 Å². The lowest BCUT2D eigenvalue weighted by Gasteiger charge is -2.34. The Balaban J connectivity index is 2.24. The van der Waals surface area contributed by atoms with E-state index >= 15 is 0 Å². The van der Waals surface area contributed by atoms with Gasteiger partial charge in [0, 0.05) is 47.1 Å². The summed E-state index contributed by atoms with van der Waals surface area (Å²) in [4.78, 5) is 6.76. The highest BCUT2D eigenvalue weighted by atomic mass is 32.1. The number of thiocarbonyl (C=S) groups is 4. The van der Waals surface area contributed by atoms with Crippen LogP contribution in [0.25, 0.3) is 10.8 Å². The molecule has 2 aliphatic heterocycles. The maximum Gasteiger partial charge on any atom is 0.114 e. The summed E-state index contributed by atoms with van der Waals surface area (Å²) in [5, 5.41) is 2.17. The lowest BCUT2D eigenvalue weighted by molar-refractivity contribution is 0.780. The first-order valence-electron chi connectivity index (χ1n) is 6.68. The van der Waals surface area contributed by atoms with Crippen LogP contribution in [0.15, 0.2) is 24.3 Å². The molecule has 0 unspecified atom stereocenters. The summed E-state index contributed by atoms with van der Waals surface area (Å²) in [6.07, 6.45) is 0. The first-order chi connectivity index (χ1) is 10.4. The zero-order chi connectivity index (χ0) is 15.8. The van der Waals surface area contributed by atoms with E-state index in [9.17, 15) is 0 Å². The van der Waals surface area contributed by atoms with Gasteiger partial charge in [0.05, 0.1) is 0 Å². The number of benzene rings is 2. The van der Waals surface area contributed by atoms with Crippen molar-refractivity contribution in [3.8, 4) is 0 Å². The first-order valence-corrected chi connectivity index (χ1v) is 8.31. The minimum Gasteiger partial charge on any atom is -0.326 e. The molecule has 2 aromatic carbocycles. The van der Waals surface area contributed by atoms with Crippen LogP contribution in [-0.2, 0) is 0 Å². The molecule has 4 rings (SSSR count). The maximum absolute atomic E-state index is 5.58. The van der Waals surface area contributed by atoms with Gasteiger partial charge >= 0.3 is 0 Å². The van der Waals surface area contributed by atoms with Gasteiger partial charge in [0.1, 0.15) is 20.0 Å². The Hall–Kier alpha value is -1.34. The molecule has 0 aliphatic carbocycles. The number of hydrogen-bond acceptors (Lipinski definition) is 4. The van der Waals surface area contributed by atoms with Crippen molar-refractivity contribution in [2.75, 3.05) is 14.1 Å². The van der Waals surface area contributed by atoms with E-state index in [0.717, 1.165) is 53.0 Å². The second-order valence-electron chi connectivity index (χ2n) is 5.41. The number of nitrogens with zero attached hydrogens (tertiary/aromatic N) is 2. The van der Waals surface area contributed by atoms with Gasteiger partial charge < -0.3 is 9.80 Å². The van der Waals surface area contributed by atoms with Crippen molar-refractivity contribution in [1.82, 2.24) is 9.80 Å². The minimum absolute atomic E-state index is 0.747. The van der Waals surface area contributed by atoms with E-state index < -0.39 is 0 Å². The molecule has 0 saturated heterocycles. The molecule has 0 N–H and O–H groups in total. The van der Waals surface area contributed by atoms with Crippen molar-refractivity contribution in [2.45, 2.75) is 0 Å². The van der Waals surface area contributed by atoms with E-state index in [1.165, 1.54) is 0 Å². The van der Waals surface area contributed by atoms with Gasteiger partial charge in [-0.1, -0.05) is 73.1 Å². The quantitative estimate of drug-likeness (QED) is 0.661. The van der Waals surface area contributed by atoms with E-state index in [-0.39, 0.29) is 0 Å². The number of hydrogen-bond donors (Lipinski definition) is 0. The molecule has 2 aromatic rings. The van der Waals surface area contributed by atoms with Crippen LogP contribution in [0.3, 0.4) is 0 Å². The van der Waals surface area contributed by atoms with Crippen LogP contribution in [0.4, 0.5) is 0 Å². The van der Waals surface area contributed by atoms with Crippen molar-refractivity contribution in [3.05, 3.63) is 46.5 Å². The molecule has 6 heteroatoms. The van der Waals surface area contributed by atoms with Gasteiger partial charge in [-0.15, -0.1) is 0 Å². The molecule has 0 atom stereocenters. The Kier molecular flexibility index (Phi) is 2.97. The molecular formula is C16H10N2S4. The average Bonchev–Trinajstić information content (AvgIpc) is 2.53. The second kappa shape index (κ2) is 4.58. The van der Waals surface area contributed by atoms with Gasteiger partial charge in [-0.25, -0.2) is 0 Å². The van der Waals surface area contributed by atoms with Gasteiger partial charge in [0.15, 0.2) is 0 Å². The molecule has 0 fully saturated rings. The van der Waals surface area contributed by atoms with E-state index in [1.54, 1.807) is 0 Å². The molecule has 22 heavy (non-hydrogen) atoms. The first kappa shape index (κ1) is 14.3. The molecule has 2 aliphatic rings. The molecule has 0 spiro atoms. The van der Waals surface area contributed by atoms with E-state index in [1.807, 2.05) is 48.2 Å². The summed E-state index contributed by atoms with van der Waals surface area (Å²) in [6.45, 7) is 0. The van der Waals surface area contributed by atoms with Crippen LogP contribution in [-0.4, -0.2) is 43.8 Å². The van der Waals surface area contributed by atoms with Gasteiger partial charge in [-0.3, -0.25) is 0 Å². The third-order valence-corrected chi connectivity index (χ3v) is 6.28. The smallest absolute Gasteiger partial charge is 0.114 e. The number of rotatable bonds is 0. The fourth-order valence-electron chi connectivity index (χ4n) is 3.12. The third kappa shape index (κ3) is 1.58. The van der Waals surface area contributed by atoms with Crippen molar-refractivity contribution in [1.29, 1.82) is 0 Å². The highest BCUT2D eigenvalue weighted by molar-refractivity contribution is 7.83. The molecule has 0 bridgehead atoms. The predicted molar refractivity (Wildman–Crippen MR) is 106 cm³/mol. The van der Waals surface area contributed by atoms with E-state index in [0.29, 0.717) is 0 Å². The SMILES string of the molecule is CN1C(=S)c2ccc3c4c(ccc(c24)C1=S)C(=S)N(C)C3=S. The van der Waals surface area contributed by atoms with Crippen LogP contribution >= 0.6 is 48.9 Å². The van der Waals surface area contributed by atoms with Crippen LogP contribution in [0.1, 0.15) is 22.3 Å². The third-order valence-electron chi connectivity index (χ3n) is 4.30. The summed E-state index contributed by atoms with van der Waals surface area (Å²) in [5.74, 6) is 0. The zero-order valence-corrected chi connectivity index (χ0v) is 15.1. The normalized spacial score (nSPS) is 16.8. The summed E-state index contributed by atoms with van der Waals surface area (Å²) >= 11 is 22.3. The molecule has 0 amide bonds. The molecule has 0 saturated carbocycles. The second-order valence-corrected chi connectivity index (χ2v) is 6.96. The Morgan fingerprint density at radius 2 is 0.773 bits per heavy atom. The van der Waals surface area contributed by atoms with Gasteiger partial charge in [0.2, 0.25) is 0 Å². The minimum atomic E-state index is 0.747. The van der Waals surface area contributed by atoms with Crippen molar-refractivity contribution in [3.63, 3.8) is 0 Å². The fraction of sp³-hybridized carbons (Fsp3) is 0.125. The molecule has 0 radical (unpaired) electrons. The van der Waals surface area contributed by atoms with Crippen LogP contribution in [0.2, 0.25) is 0 Å². The van der Waals surface area contributed by atoms with Gasteiger partial charge in [-0.05, 0) is 0 Å². The standard InChI is InChI=1S/C16H10N2S4/c1-17-13(19)7-3-5-9-12-10(16(22)18(2)15(9)21)6-4-8(11(7)12)14(17)20/h3-6H,1-2H3. The molecule has 108 valence electrons. The highest BCUT2D eigenvalue weighted by Crippen LogP contribution is 2.38. The summed E-state index contributed by atoms with van der Waals surface area (Å²) in [7, 11) is 3.83. The maximum atomic E-state index is 5.58. The molecule has 2 heterocycles. The summed E-state index contributed by atoms with van der Waals surface area (Å²) in [5.41, 5.74) is 4.10. The molecular weight excluding hydrogens is 348 g/mol. The van der Waals surface area contributed by atoms with Gasteiger partial charge in [-0.2, -0.15) is 0 Å². The molecule has 2 nitrogen and oxygen atoms in total. The largest absolute Gasteiger partial charge is 0.326 e. The summed E-state index contributed by atoms with van der Waals surface area (Å²) in [6, 6.07) is 8.17. The van der Waals surface area contributed by atoms with Crippen LogP contribution in [0.5, 0.6) is 0 Å². The van der Waals surface area contributed by atoms with E-state index in [2.05, 4.69) is 0 Å². The van der Waals surface area contributed by atoms with Crippen molar-refractivity contribution < 1.29 is 0 Å². The van der Waals surface area contributed by atoms with Crippen molar-refractivity contribution >= 4 is 79.6 Å². The van der Waals surface area contributed by atoms with E-state index in [4.69, 9.17) is 48.9 Å². The van der Waals surface area contributed by atoms with Gasteiger partial charge in [0.25, 0.3) is 0 Å². The molecule has 0 aromatic heterocycles. The zero-order valence-electron chi connectivity index (χ0n) is 11.8. The van der Waals surface area contributed by atoms with Crippen LogP contribution < -0.4 is 0 Å². The Morgan fingerprint density at radius 1 is 0.545 bits per heavy atom. The Bertz CT molecular complexity index is 798. The fourth-order valence-corrected chi connectivity index (χ4v) is 4.28. The highest BCUT2D eigenvalue weighted by Gasteiger charge is 2.31.